The summed E-state index contributed by atoms with van der Waals surface area (Å²) >= 11 is 0. The summed E-state index contributed by atoms with van der Waals surface area (Å²) in [7, 11) is 0. The van der Waals surface area contributed by atoms with Crippen molar-refractivity contribution >= 4 is 16.8 Å². The standard InChI is InChI=1S/C14H14N2O/c1-14(2,3)13(17)16-9-10(8-15)11-6-4-5-7-12(11)16/h4-7,9H,1-3H3. The Balaban J connectivity index is 2.72. The zero-order chi connectivity index (χ0) is 12.6. The molecular weight excluding hydrogens is 212 g/mol. The summed E-state index contributed by atoms with van der Waals surface area (Å²) in [5.74, 6) is -0.00444. The third-order valence-electron chi connectivity index (χ3n) is 2.69. The number of hydrogen-bond donors (Lipinski definition) is 0. The molecular formula is C14H14N2O. The van der Waals surface area contributed by atoms with Crippen LogP contribution in [0.5, 0.6) is 0 Å². The number of para-hydroxylation sites is 1. The molecule has 0 aliphatic heterocycles. The van der Waals surface area contributed by atoms with Crippen LogP contribution in [0.2, 0.25) is 0 Å². The van der Waals surface area contributed by atoms with Gasteiger partial charge in [0.2, 0.25) is 5.91 Å². The van der Waals surface area contributed by atoms with Gasteiger partial charge >= 0.3 is 0 Å². The number of rotatable bonds is 0. The van der Waals surface area contributed by atoms with Gasteiger partial charge in [-0.2, -0.15) is 5.26 Å². The van der Waals surface area contributed by atoms with Gasteiger partial charge in [0.15, 0.2) is 0 Å². The molecule has 0 saturated carbocycles. The summed E-state index contributed by atoms with van der Waals surface area (Å²) in [5.41, 5.74) is 0.872. The highest BCUT2D eigenvalue weighted by molar-refractivity contribution is 5.97. The topological polar surface area (TPSA) is 45.8 Å². The van der Waals surface area contributed by atoms with Gasteiger partial charge in [-0.15, -0.1) is 0 Å². The van der Waals surface area contributed by atoms with Crippen LogP contribution < -0.4 is 0 Å². The SMILES string of the molecule is CC(C)(C)C(=O)n1cc(C#N)c2ccccc21. The second kappa shape index (κ2) is 3.74. The normalized spacial score (nSPS) is 11.4. The summed E-state index contributed by atoms with van der Waals surface area (Å²) in [6.07, 6.45) is 1.62. The van der Waals surface area contributed by atoms with Gasteiger partial charge in [-0.25, -0.2) is 0 Å². The van der Waals surface area contributed by atoms with Crippen molar-refractivity contribution in [1.29, 1.82) is 5.26 Å². The van der Waals surface area contributed by atoms with Gasteiger partial charge in [0.05, 0.1) is 11.1 Å². The number of benzene rings is 1. The maximum atomic E-state index is 12.3. The van der Waals surface area contributed by atoms with Crippen LogP contribution in [0.25, 0.3) is 10.9 Å². The number of hydrogen-bond acceptors (Lipinski definition) is 2. The summed E-state index contributed by atoms with van der Waals surface area (Å²) in [6, 6.07) is 9.59. The minimum atomic E-state index is -0.464. The van der Waals surface area contributed by atoms with Crippen molar-refractivity contribution in [2.75, 3.05) is 0 Å². The molecule has 2 rings (SSSR count). The first-order valence-corrected chi connectivity index (χ1v) is 5.50. The molecule has 0 spiro atoms. The fourth-order valence-corrected chi connectivity index (χ4v) is 1.80. The summed E-state index contributed by atoms with van der Waals surface area (Å²) in [4.78, 5) is 12.3. The fourth-order valence-electron chi connectivity index (χ4n) is 1.80. The highest BCUT2D eigenvalue weighted by Crippen LogP contribution is 2.25. The molecule has 3 nitrogen and oxygen atoms in total. The third kappa shape index (κ3) is 1.83. The van der Waals surface area contributed by atoms with E-state index in [9.17, 15) is 4.79 Å². The van der Waals surface area contributed by atoms with Crippen LogP contribution in [-0.4, -0.2) is 10.5 Å². The van der Waals surface area contributed by atoms with Gasteiger partial charge in [-0.05, 0) is 6.07 Å². The van der Waals surface area contributed by atoms with Crippen molar-refractivity contribution in [3.05, 3.63) is 36.0 Å². The van der Waals surface area contributed by atoms with Crippen molar-refractivity contribution < 1.29 is 4.79 Å². The number of carbonyl (C=O) groups is 1. The minimum absolute atomic E-state index is 0.00444. The number of aromatic nitrogens is 1. The van der Waals surface area contributed by atoms with E-state index >= 15 is 0 Å². The molecule has 1 aromatic carbocycles. The van der Waals surface area contributed by atoms with E-state index in [4.69, 9.17) is 5.26 Å². The first-order chi connectivity index (χ1) is 7.95. The van der Waals surface area contributed by atoms with E-state index in [0.29, 0.717) is 5.56 Å². The lowest BCUT2D eigenvalue weighted by atomic mass is 9.95. The Morgan fingerprint density at radius 3 is 2.53 bits per heavy atom. The van der Waals surface area contributed by atoms with Gasteiger partial charge in [-0.3, -0.25) is 9.36 Å². The largest absolute Gasteiger partial charge is 0.285 e. The van der Waals surface area contributed by atoms with Gasteiger partial charge in [0, 0.05) is 17.0 Å². The monoisotopic (exact) mass is 226 g/mol. The average molecular weight is 226 g/mol. The Morgan fingerprint density at radius 1 is 1.29 bits per heavy atom. The zero-order valence-electron chi connectivity index (χ0n) is 10.2. The van der Waals surface area contributed by atoms with E-state index < -0.39 is 5.41 Å². The Labute approximate surface area is 100 Å². The van der Waals surface area contributed by atoms with Crippen LogP contribution in [0, 0.1) is 16.7 Å². The molecule has 0 unspecified atom stereocenters. The summed E-state index contributed by atoms with van der Waals surface area (Å²) in [5, 5.41) is 9.89. The third-order valence-corrected chi connectivity index (χ3v) is 2.69. The highest BCUT2D eigenvalue weighted by atomic mass is 16.2. The molecule has 1 aromatic heterocycles. The fraction of sp³-hybridized carbons (Fsp3) is 0.286. The number of nitrogens with zero attached hydrogens (tertiary/aromatic N) is 2. The molecule has 0 radical (unpaired) electrons. The number of carbonyl (C=O) groups excluding carboxylic acids is 1. The van der Waals surface area contributed by atoms with Gasteiger partial charge in [0.25, 0.3) is 0 Å². The van der Waals surface area contributed by atoms with E-state index in [-0.39, 0.29) is 5.91 Å². The predicted octanol–water partition coefficient (Wildman–Crippen LogP) is 3.20. The molecule has 17 heavy (non-hydrogen) atoms. The van der Waals surface area contributed by atoms with Crippen LogP contribution in [-0.2, 0) is 0 Å². The smallest absolute Gasteiger partial charge is 0.236 e. The lowest BCUT2D eigenvalue weighted by molar-refractivity contribution is 0.0772. The van der Waals surface area contributed by atoms with Crippen LogP contribution >= 0.6 is 0 Å². The zero-order valence-corrected chi connectivity index (χ0v) is 10.2. The highest BCUT2D eigenvalue weighted by Gasteiger charge is 2.25. The van der Waals surface area contributed by atoms with Crippen molar-refractivity contribution in [2.24, 2.45) is 5.41 Å². The van der Waals surface area contributed by atoms with E-state index in [0.717, 1.165) is 10.9 Å². The van der Waals surface area contributed by atoms with Crippen molar-refractivity contribution in [1.82, 2.24) is 4.57 Å². The Morgan fingerprint density at radius 2 is 1.94 bits per heavy atom. The Kier molecular flexibility index (Phi) is 2.51. The van der Waals surface area contributed by atoms with Crippen molar-refractivity contribution in [2.45, 2.75) is 20.8 Å². The molecule has 0 amide bonds. The van der Waals surface area contributed by atoms with E-state index in [2.05, 4.69) is 6.07 Å². The molecule has 0 fully saturated rings. The van der Waals surface area contributed by atoms with Crippen molar-refractivity contribution in [3.63, 3.8) is 0 Å². The maximum absolute atomic E-state index is 12.3. The first kappa shape index (κ1) is 11.4. The van der Waals surface area contributed by atoms with Crippen LogP contribution in [0.1, 0.15) is 31.1 Å². The molecule has 3 heteroatoms. The molecule has 0 atom stereocenters. The van der Waals surface area contributed by atoms with Gasteiger partial charge in [-0.1, -0.05) is 39.0 Å². The van der Waals surface area contributed by atoms with Gasteiger partial charge in [0.1, 0.15) is 6.07 Å². The molecule has 0 N–H and O–H groups in total. The lowest BCUT2D eigenvalue weighted by Crippen LogP contribution is -2.25. The second-order valence-corrected chi connectivity index (χ2v) is 5.10. The molecule has 0 aliphatic carbocycles. The predicted molar refractivity (Wildman–Crippen MR) is 66.7 cm³/mol. The minimum Gasteiger partial charge on any atom is -0.285 e. The second-order valence-electron chi connectivity index (χ2n) is 5.10. The molecule has 86 valence electrons. The van der Waals surface area contributed by atoms with Crippen LogP contribution in [0.3, 0.4) is 0 Å². The Bertz CT molecular complexity index is 624. The molecule has 0 bridgehead atoms. The lowest BCUT2D eigenvalue weighted by Gasteiger charge is -2.17. The summed E-state index contributed by atoms with van der Waals surface area (Å²) in [6.45, 7) is 5.61. The average Bonchev–Trinajstić information content (AvgIpc) is 2.65. The van der Waals surface area contributed by atoms with Crippen LogP contribution in [0.15, 0.2) is 30.5 Å². The molecule has 0 aliphatic rings. The first-order valence-electron chi connectivity index (χ1n) is 5.50. The maximum Gasteiger partial charge on any atom is 0.236 e. The van der Waals surface area contributed by atoms with E-state index in [1.165, 1.54) is 0 Å². The van der Waals surface area contributed by atoms with Crippen LogP contribution in [0.4, 0.5) is 0 Å². The molecule has 1 heterocycles. The summed E-state index contributed by atoms with van der Waals surface area (Å²) < 4.78 is 1.58. The van der Waals surface area contributed by atoms with E-state index in [1.807, 2.05) is 45.0 Å². The Hall–Kier alpha value is -2.08. The van der Waals surface area contributed by atoms with E-state index in [1.54, 1.807) is 10.8 Å². The molecule has 0 saturated heterocycles. The molecule has 2 aromatic rings. The number of nitriles is 1. The number of fused-ring (bicyclic) bond motifs is 1. The van der Waals surface area contributed by atoms with Gasteiger partial charge < -0.3 is 0 Å². The quantitative estimate of drug-likeness (QED) is 0.692. The van der Waals surface area contributed by atoms with Crippen molar-refractivity contribution in [3.8, 4) is 6.07 Å².